The molecule has 2 aromatic heterocycles. The van der Waals surface area contributed by atoms with Gasteiger partial charge in [0.05, 0.1) is 40.4 Å². The number of aromatic nitrogens is 2. The van der Waals surface area contributed by atoms with Gasteiger partial charge in [-0.25, -0.2) is 9.18 Å². The minimum absolute atomic E-state index is 0.157. The second kappa shape index (κ2) is 8.64. The zero-order valence-electron chi connectivity index (χ0n) is 21.1. The lowest BCUT2D eigenvalue weighted by Crippen LogP contribution is -2.49. The zero-order chi connectivity index (χ0) is 24.9. The summed E-state index contributed by atoms with van der Waals surface area (Å²) in [6, 6.07) is 1.64. The maximum Gasteiger partial charge on any atom is 0.514 e. The van der Waals surface area contributed by atoms with E-state index >= 15 is 4.39 Å². The number of hydrogen-bond acceptors (Lipinski definition) is 7. The topological polar surface area (TPSA) is 85.8 Å². The van der Waals surface area contributed by atoms with Gasteiger partial charge in [0.1, 0.15) is 5.60 Å². The molecule has 34 heavy (non-hydrogen) atoms. The molecule has 184 valence electrons. The van der Waals surface area contributed by atoms with E-state index in [1.54, 1.807) is 12.3 Å². The second-order valence-corrected chi connectivity index (χ2v) is 11.1. The molecular formula is C24H34BFN4O4. The van der Waals surface area contributed by atoms with Gasteiger partial charge in [-0.3, -0.25) is 9.97 Å². The van der Waals surface area contributed by atoms with Gasteiger partial charge >= 0.3 is 13.2 Å². The molecule has 0 radical (unpaired) electrons. The number of pyridine rings is 2. The first kappa shape index (κ1) is 24.7. The van der Waals surface area contributed by atoms with Crippen LogP contribution >= 0.6 is 0 Å². The number of amides is 1. The number of hydrogen-bond donors (Lipinski definition) is 1. The summed E-state index contributed by atoms with van der Waals surface area (Å²) in [5, 5.41) is 3.56. The summed E-state index contributed by atoms with van der Waals surface area (Å²) in [7, 11) is -0.659. The number of fused-ring (bicyclic) bond motifs is 1. The summed E-state index contributed by atoms with van der Waals surface area (Å²) >= 11 is 0. The molecule has 0 aliphatic carbocycles. The number of alkyl carbamates (subject to hydrolysis) is 1. The average Bonchev–Trinajstić information content (AvgIpc) is 2.93. The van der Waals surface area contributed by atoms with E-state index in [9.17, 15) is 4.79 Å². The van der Waals surface area contributed by atoms with Crippen LogP contribution in [0.3, 0.4) is 0 Å². The molecule has 1 amide bonds. The standard InChI is InChI=1S/C24H34BFN4O4/c1-22(2,3)32-21(31)29-15-9-8-10-30(14-15)20-16-11-19(28-13-18(16)27-12-17(20)26)25-33-23(4,5)24(6,7)34-25/h11-13,15H,8-10,14H2,1-7H3,(H,29,31)/t15-/m0/s1. The van der Waals surface area contributed by atoms with Crippen molar-refractivity contribution in [3.05, 3.63) is 24.3 Å². The van der Waals surface area contributed by atoms with E-state index in [1.165, 1.54) is 6.20 Å². The Labute approximate surface area is 200 Å². The average molecular weight is 472 g/mol. The number of rotatable bonds is 3. The van der Waals surface area contributed by atoms with Gasteiger partial charge in [0, 0.05) is 24.5 Å². The Balaban J connectivity index is 1.61. The molecule has 8 nitrogen and oxygen atoms in total. The number of nitrogens with zero attached hydrogens (tertiary/aromatic N) is 3. The summed E-state index contributed by atoms with van der Waals surface area (Å²) in [5.41, 5.74) is -0.00175. The van der Waals surface area contributed by atoms with Crippen molar-refractivity contribution in [3.8, 4) is 0 Å². The molecule has 2 saturated heterocycles. The Morgan fingerprint density at radius 2 is 1.88 bits per heavy atom. The fourth-order valence-electron chi connectivity index (χ4n) is 4.26. The van der Waals surface area contributed by atoms with Crippen molar-refractivity contribution >= 4 is 35.4 Å². The lowest BCUT2D eigenvalue weighted by Gasteiger charge is -2.35. The van der Waals surface area contributed by atoms with Gasteiger partial charge in [-0.15, -0.1) is 0 Å². The molecule has 1 atom stereocenters. The lowest BCUT2D eigenvalue weighted by atomic mass is 9.83. The Morgan fingerprint density at radius 3 is 2.53 bits per heavy atom. The number of anilines is 1. The molecule has 4 heterocycles. The molecular weight excluding hydrogens is 438 g/mol. The van der Waals surface area contributed by atoms with Crippen molar-refractivity contribution < 1.29 is 23.2 Å². The predicted octanol–water partition coefficient (Wildman–Crippen LogP) is 3.56. The molecule has 2 aliphatic heterocycles. The molecule has 2 aliphatic rings. The van der Waals surface area contributed by atoms with Gasteiger partial charge in [-0.05, 0) is 67.4 Å². The molecule has 0 aromatic carbocycles. The van der Waals surface area contributed by atoms with Crippen LogP contribution in [-0.2, 0) is 14.0 Å². The maximum absolute atomic E-state index is 15.2. The molecule has 0 saturated carbocycles. The smallest absolute Gasteiger partial charge is 0.444 e. The highest BCUT2D eigenvalue weighted by molar-refractivity contribution is 6.61. The second-order valence-electron chi connectivity index (χ2n) is 11.1. The van der Waals surface area contributed by atoms with Crippen molar-refractivity contribution in [3.63, 3.8) is 0 Å². The molecule has 0 spiro atoms. The first-order valence-corrected chi connectivity index (χ1v) is 11.8. The number of ether oxygens (including phenoxy) is 1. The highest BCUT2D eigenvalue weighted by atomic mass is 19.1. The number of halogens is 1. The van der Waals surface area contributed by atoms with E-state index in [2.05, 4.69) is 15.3 Å². The molecule has 2 aromatic rings. The van der Waals surface area contributed by atoms with Gasteiger partial charge in [0.2, 0.25) is 0 Å². The Kier molecular flexibility index (Phi) is 6.27. The van der Waals surface area contributed by atoms with E-state index in [4.69, 9.17) is 14.0 Å². The van der Waals surface area contributed by atoms with E-state index in [1.807, 2.05) is 53.4 Å². The van der Waals surface area contributed by atoms with Crippen LogP contribution in [0.5, 0.6) is 0 Å². The number of piperidine rings is 1. The van der Waals surface area contributed by atoms with E-state index < -0.39 is 35.8 Å². The fourth-order valence-corrected chi connectivity index (χ4v) is 4.26. The molecule has 0 bridgehead atoms. The lowest BCUT2D eigenvalue weighted by molar-refractivity contribution is 0.00578. The molecule has 10 heteroatoms. The molecule has 2 fully saturated rings. The van der Waals surface area contributed by atoms with Crippen LogP contribution in [0.15, 0.2) is 18.5 Å². The van der Waals surface area contributed by atoms with Crippen LogP contribution in [-0.4, -0.2) is 59.1 Å². The molecule has 4 rings (SSSR count). The molecule has 1 N–H and O–H groups in total. The van der Waals surface area contributed by atoms with Crippen molar-refractivity contribution in [2.24, 2.45) is 0 Å². The van der Waals surface area contributed by atoms with Gasteiger partial charge in [0.25, 0.3) is 0 Å². The van der Waals surface area contributed by atoms with Gasteiger partial charge < -0.3 is 24.3 Å². The first-order valence-electron chi connectivity index (χ1n) is 11.8. The third-order valence-corrected chi connectivity index (χ3v) is 6.66. The van der Waals surface area contributed by atoms with E-state index in [0.717, 1.165) is 12.8 Å². The predicted molar refractivity (Wildman–Crippen MR) is 130 cm³/mol. The van der Waals surface area contributed by atoms with Crippen molar-refractivity contribution in [2.75, 3.05) is 18.0 Å². The number of carbonyl (C=O) groups excluding carboxylic acids is 1. The third kappa shape index (κ3) is 4.98. The van der Waals surface area contributed by atoms with E-state index in [-0.39, 0.29) is 6.04 Å². The quantitative estimate of drug-likeness (QED) is 0.684. The zero-order valence-corrected chi connectivity index (χ0v) is 21.1. The Morgan fingerprint density at radius 1 is 1.21 bits per heavy atom. The van der Waals surface area contributed by atoms with Crippen LogP contribution < -0.4 is 15.8 Å². The highest BCUT2D eigenvalue weighted by Crippen LogP contribution is 2.37. The van der Waals surface area contributed by atoms with Crippen LogP contribution in [0, 0.1) is 5.82 Å². The monoisotopic (exact) mass is 472 g/mol. The maximum atomic E-state index is 15.2. The summed E-state index contributed by atoms with van der Waals surface area (Å²) in [5.74, 6) is -0.420. The summed E-state index contributed by atoms with van der Waals surface area (Å²) < 4.78 is 32.8. The van der Waals surface area contributed by atoms with Crippen LogP contribution in [0.25, 0.3) is 10.9 Å². The van der Waals surface area contributed by atoms with Crippen LogP contribution in [0.4, 0.5) is 14.9 Å². The summed E-state index contributed by atoms with van der Waals surface area (Å²) in [4.78, 5) is 23.0. The fraction of sp³-hybridized carbons (Fsp3) is 0.625. The van der Waals surface area contributed by atoms with Crippen LogP contribution in [0.2, 0.25) is 0 Å². The number of carbonyl (C=O) groups is 1. The SMILES string of the molecule is CC(C)(C)OC(=O)N[C@H]1CCCN(c2c(F)cnc3cnc(B4OC(C)(C)C(C)(C)O4)cc23)C1. The van der Waals surface area contributed by atoms with Crippen molar-refractivity contribution in [1.29, 1.82) is 0 Å². The van der Waals surface area contributed by atoms with Crippen molar-refractivity contribution in [1.82, 2.24) is 15.3 Å². The summed E-state index contributed by atoms with van der Waals surface area (Å²) in [6.07, 6.45) is 3.98. The third-order valence-electron chi connectivity index (χ3n) is 6.66. The Hall–Kier alpha value is -2.46. The van der Waals surface area contributed by atoms with Crippen molar-refractivity contribution in [2.45, 2.75) is 84.2 Å². The van der Waals surface area contributed by atoms with Gasteiger partial charge in [-0.1, -0.05) is 0 Å². The molecule has 0 unspecified atom stereocenters. The largest absolute Gasteiger partial charge is 0.514 e. The van der Waals surface area contributed by atoms with Gasteiger partial charge in [-0.2, -0.15) is 0 Å². The first-order chi connectivity index (χ1) is 15.8. The minimum Gasteiger partial charge on any atom is -0.444 e. The van der Waals surface area contributed by atoms with Gasteiger partial charge in [0.15, 0.2) is 5.82 Å². The normalized spacial score (nSPS) is 22.2. The Bertz CT molecular complexity index is 1070. The van der Waals surface area contributed by atoms with Crippen LogP contribution in [0.1, 0.15) is 61.3 Å². The summed E-state index contributed by atoms with van der Waals surface area (Å²) in [6.45, 7) is 14.5. The minimum atomic E-state index is -0.659. The number of nitrogens with one attached hydrogen (secondary N) is 1. The van der Waals surface area contributed by atoms with E-state index in [0.29, 0.717) is 35.3 Å². The highest BCUT2D eigenvalue weighted by Gasteiger charge is 2.52.